The maximum Gasteiger partial charge on any atom is 0.534 e. The summed E-state index contributed by atoms with van der Waals surface area (Å²) in [6.07, 6.45) is 1.89. The molecular weight excluding hydrogens is 489 g/mol. The van der Waals surface area contributed by atoms with Crippen molar-refractivity contribution in [3.63, 3.8) is 0 Å². The van der Waals surface area contributed by atoms with Crippen LogP contribution in [0.3, 0.4) is 0 Å². The molecule has 1 N–H and O–H groups in total. The Morgan fingerprint density at radius 2 is 1.86 bits per heavy atom. The van der Waals surface area contributed by atoms with E-state index in [1.54, 1.807) is 44.0 Å². The fraction of sp³-hybridized carbons (Fsp3) is 0.409. The summed E-state index contributed by atoms with van der Waals surface area (Å²) in [6.45, 7) is 8.02. The first-order valence-electron chi connectivity index (χ1n) is 10.6. The van der Waals surface area contributed by atoms with E-state index in [1.165, 1.54) is 12.1 Å². The molecule has 1 aromatic carbocycles. The van der Waals surface area contributed by atoms with Crippen LogP contribution >= 0.6 is 0 Å². The van der Waals surface area contributed by atoms with E-state index in [-0.39, 0.29) is 12.1 Å². The normalized spacial score (nSPS) is 12.5. The van der Waals surface area contributed by atoms with Crippen LogP contribution in [0.2, 0.25) is 0 Å². The molecule has 9 nitrogen and oxygen atoms in total. The van der Waals surface area contributed by atoms with Crippen molar-refractivity contribution < 1.29 is 35.3 Å². The van der Waals surface area contributed by atoms with E-state index in [1.807, 2.05) is 6.92 Å². The first-order chi connectivity index (χ1) is 16.2. The van der Waals surface area contributed by atoms with Crippen LogP contribution in [0, 0.1) is 0 Å². The van der Waals surface area contributed by atoms with Gasteiger partial charge in [-0.1, -0.05) is 13.0 Å². The Bertz CT molecular complexity index is 1320. The molecule has 0 aliphatic rings. The molecule has 2 aromatic heterocycles. The van der Waals surface area contributed by atoms with Gasteiger partial charge in [-0.3, -0.25) is 0 Å². The molecule has 0 bridgehead atoms. The van der Waals surface area contributed by atoms with Crippen molar-refractivity contribution in [3.8, 4) is 17.1 Å². The van der Waals surface area contributed by atoms with Gasteiger partial charge >= 0.3 is 21.7 Å². The molecule has 190 valence electrons. The van der Waals surface area contributed by atoms with Crippen molar-refractivity contribution in [2.24, 2.45) is 0 Å². The van der Waals surface area contributed by atoms with Gasteiger partial charge < -0.3 is 18.8 Å². The van der Waals surface area contributed by atoms with Gasteiger partial charge in [0.15, 0.2) is 0 Å². The Hall–Kier alpha value is -3.35. The van der Waals surface area contributed by atoms with Crippen molar-refractivity contribution in [1.82, 2.24) is 19.9 Å². The molecule has 0 saturated heterocycles. The second kappa shape index (κ2) is 9.72. The molecule has 0 radical (unpaired) electrons. The topological polar surface area (TPSA) is 114 Å². The predicted octanol–water partition coefficient (Wildman–Crippen LogP) is 5.00. The van der Waals surface area contributed by atoms with Crippen LogP contribution in [0.25, 0.3) is 22.2 Å². The molecule has 13 heteroatoms. The van der Waals surface area contributed by atoms with E-state index in [9.17, 15) is 26.4 Å². The molecule has 3 rings (SSSR count). The van der Waals surface area contributed by atoms with Gasteiger partial charge in [0.2, 0.25) is 5.88 Å². The van der Waals surface area contributed by atoms with Crippen LogP contribution < -0.4 is 4.18 Å². The predicted molar refractivity (Wildman–Crippen MR) is 122 cm³/mol. The van der Waals surface area contributed by atoms with Gasteiger partial charge in [0, 0.05) is 23.6 Å². The minimum Gasteiger partial charge on any atom is -0.444 e. The van der Waals surface area contributed by atoms with Crippen molar-refractivity contribution in [2.45, 2.75) is 51.8 Å². The lowest BCUT2D eigenvalue weighted by Crippen LogP contribution is -2.37. The van der Waals surface area contributed by atoms with Crippen molar-refractivity contribution in [1.29, 1.82) is 0 Å². The van der Waals surface area contributed by atoms with Gasteiger partial charge in [-0.25, -0.2) is 14.8 Å². The molecule has 0 aliphatic carbocycles. The van der Waals surface area contributed by atoms with Crippen molar-refractivity contribution >= 4 is 27.1 Å². The van der Waals surface area contributed by atoms with E-state index in [2.05, 4.69) is 19.1 Å². The number of benzene rings is 1. The first kappa shape index (κ1) is 26.3. The highest BCUT2D eigenvalue weighted by molar-refractivity contribution is 7.87. The number of alkyl halides is 3. The number of carbonyl (C=O) groups excluding carboxylic acids is 1. The zero-order valence-electron chi connectivity index (χ0n) is 19.5. The molecule has 1 amide bonds. The molecule has 35 heavy (non-hydrogen) atoms. The van der Waals surface area contributed by atoms with E-state index in [4.69, 9.17) is 4.74 Å². The summed E-state index contributed by atoms with van der Waals surface area (Å²) >= 11 is 0. The number of amides is 1. The molecule has 0 atom stereocenters. The Morgan fingerprint density at radius 3 is 2.49 bits per heavy atom. The van der Waals surface area contributed by atoms with Crippen LogP contribution in [-0.2, 0) is 21.4 Å². The molecule has 2 heterocycles. The van der Waals surface area contributed by atoms with E-state index in [0.29, 0.717) is 29.0 Å². The number of nitrogens with zero attached hydrogens (tertiary/aromatic N) is 3. The molecule has 0 fully saturated rings. The fourth-order valence-electron chi connectivity index (χ4n) is 3.08. The monoisotopic (exact) mass is 514 g/mol. The lowest BCUT2D eigenvalue weighted by molar-refractivity contribution is -0.0501. The number of nitrogens with one attached hydrogen (secondary N) is 1. The maximum atomic E-state index is 12.5. The minimum atomic E-state index is -5.81. The summed E-state index contributed by atoms with van der Waals surface area (Å²) in [6, 6.07) is 7.31. The Balaban J connectivity index is 1.79. The average molecular weight is 515 g/mol. The number of imidazole rings is 1. The number of hydrogen-bond acceptors (Lipinski definition) is 7. The third-order valence-electron chi connectivity index (χ3n) is 4.57. The maximum absolute atomic E-state index is 12.5. The summed E-state index contributed by atoms with van der Waals surface area (Å²) in [4.78, 5) is 25.4. The van der Waals surface area contributed by atoms with Crippen LogP contribution in [0.5, 0.6) is 5.88 Å². The number of halogens is 3. The Morgan fingerprint density at radius 1 is 1.14 bits per heavy atom. The zero-order valence-corrected chi connectivity index (χ0v) is 20.3. The van der Waals surface area contributed by atoms with Gasteiger partial charge in [0.05, 0.1) is 24.0 Å². The summed E-state index contributed by atoms with van der Waals surface area (Å²) in [5, 5.41) is 0.539. The third kappa shape index (κ3) is 6.62. The number of ether oxygens (including phenoxy) is 1. The summed E-state index contributed by atoms with van der Waals surface area (Å²) in [7, 11) is -5.81. The van der Waals surface area contributed by atoms with Crippen LogP contribution in [0.15, 0.2) is 36.5 Å². The molecule has 0 saturated carbocycles. The Kier molecular flexibility index (Phi) is 7.29. The zero-order chi connectivity index (χ0) is 26.0. The highest BCUT2D eigenvalue weighted by Crippen LogP contribution is 2.28. The summed E-state index contributed by atoms with van der Waals surface area (Å²) < 4.78 is 69.5. The molecule has 0 aliphatic heterocycles. The number of fused-ring (bicyclic) bond motifs is 1. The van der Waals surface area contributed by atoms with Crippen LogP contribution in [0.4, 0.5) is 18.0 Å². The largest absolute Gasteiger partial charge is 0.534 e. The number of pyridine rings is 1. The van der Waals surface area contributed by atoms with Gasteiger partial charge in [-0.2, -0.15) is 21.6 Å². The van der Waals surface area contributed by atoms with Gasteiger partial charge in [-0.05, 0) is 45.4 Å². The van der Waals surface area contributed by atoms with Crippen molar-refractivity contribution in [2.75, 3.05) is 6.54 Å². The molecular formula is C22H25F3N4O5S. The second-order valence-electron chi connectivity index (χ2n) is 8.69. The fourth-order valence-corrected chi connectivity index (χ4v) is 3.49. The number of H-pyrrole nitrogens is 1. The number of aromatic amines is 1. The van der Waals surface area contributed by atoms with Crippen molar-refractivity contribution in [3.05, 3.63) is 42.4 Å². The van der Waals surface area contributed by atoms with Gasteiger partial charge in [0.25, 0.3) is 0 Å². The minimum absolute atomic E-state index is 0.215. The van der Waals surface area contributed by atoms with Gasteiger partial charge in [-0.15, -0.1) is 0 Å². The van der Waals surface area contributed by atoms with Crippen LogP contribution in [0.1, 0.15) is 39.9 Å². The number of aromatic nitrogens is 3. The number of rotatable bonds is 7. The summed E-state index contributed by atoms with van der Waals surface area (Å²) in [5.41, 5.74) is -4.60. The molecule has 3 aromatic rings. The van der Waals surface area contributed by atoms with E-state index in [0.717, 1.165) is 12.5 Å². The number of carbonyl (C=O) groups is 1. The Labute approximate surface area is 200 Å². The smallest absolute Gasteiger partial charge is 0.444 e. The highest BCUT2D eigenvalue weighted by atomic mass is 32.2. The third-order valence-corrected chi connectivity index (χ3v) is 5.52. The SMILES string of the molecule is CCCN(Cc1ncc(-c2ccc3nc(OS(=O)(=O)C(F)(F)F)ccc3c2)[nH]1)C(=O)OC(C)(C)C. The number of hydrogen-bond donors (Lipinski definition) is 1. The first-order valence-corrected chi connectivity index (χ1v) is 12.0. The van der Waals surface area contributed by atoms with Gasteiger partial charge in [0.1, 0.15) is 11.4 Å². The lowest BCUT2D eigenvalue weighted by Gasteiger charge is -2.26. The summed E-state index contributed by atoms with van der Waals surface area (Å²) in [5.74, 6) is -0.150. The average Bonchev–Trinajstić information content (AvgIpc) is 3.19. The van der Waals surface area contributed by atoms with Crippen LogP contribution in [-0.4, -0.2) is 52.0 Å². The lowest BCUT2D eigenvalue weighted by atomic mass is 10.1. The molecule has 0 unspecified atom stereocenters. The highest BCUT2D eigenvalue weighted by Gasteiger charge is 2.48. The standard InChI is InChI=1S/C22H25F3N4O5S/c1-5-10-29(20(30)33-21(2,3)4)13-18-26-12-17(27-18)15-6-8-16-14(11-15)7-9-19(28-16)34-35(31,32)22(23,24)25/h6-9,11-12H,5,10,13H2,1-4H3,(H,26,27). The second-order valence-corrected chi connectivity index (χ2v) is 10.2. The quantitative estimate of drug-likeness (QED) is 0.349. The molecule has 0 spiro atoms. The van der Waals surface area contributed by atoms with E-state index >= 15 is 0 Å². The van der Waals surface area contributed by atoms with E-state index < -0.39 is 33.2 Å².